The third kappa shape index (κ3) is 10.9. The van der Waals surface area contributed by atoms with E-state index in [9.17, 15) is 0 Å². The lowest BCUT2D eigenvalue weighted by Gasteiger charge is -2.40. The van der Waals surface area contributed by atoms with Crippen LogP contribution in [0.25, 0.3) is 198 Å². The maximum absolute atomic E-state index is 7.18. The van der Waals surface area contributed by atoms with Crippen LogP contribution in [0.15, 0.2) is 429 Å². The molecule has 4 aliphatic rings. The van der Waals surface area contributed by atoms with Gasteiger partial charge in [-0.1, -0.05) is 370 Å². The van der Waals surface area contributed by atoms with E-state index in [4.69, 9.17) is 43.8 Å². The first-order chi connectivity index (χ1) is 64.4. The molecule has 604 valence electrons. The van der Waals surface area contributed by atoms with Crippen LogP contribution in [-0.4, -0.2) is 29.9 Å². The molecule has 8 heterocycles. The lowest BCUT2D eigenvalue weighted by atomic mass is 9.65. The van der Waals surface area contributed by atoms with Crippen molar-refractivity contribution < 1.29 is 13.9 Å². The van der Waals surface area contributed by atoms with Crippen molar-refractivity contribution in [3.63, 3.8) is 0 Å². The first-order valence-electron chi connectivity index (χ1n) is 44.0. The molecule has 10 heteroatoms. The zero-order chi connectivity index (χ0) is 85.3. The highest BCUT2D eigenvalue weighted by Crippen LogP contribution is 2.66. The zero-order valence-corrected chi connectivity index (χ0v) is 70.5. The number of hydrogen-bond acceptors (Lipinski definition) is 10. The normalized spacial score (nSPS) is 13.2. The van der Waals surface area contributed by atoms with Gasteiger partial charge in [0.05, 0.1) is 56.0 Å². The van der Waals surface area contributed by atoms with Crippen LogP contribution < -0.4 is 9.47 Å². The molecule has 0 bridgehead atoms. The van der Waals surface area contributed by atoms with E-state index in [1.54, 1.807) is 0 Å². The third-order valence-corrected chi connectivity index (χ3v) is 28.4. The van der Waals surface area contributed by atoms with Gasteiger partial charge in [-0.25, -0.2) is 29.9 Å². The molecule has 0 radical (unpaired) electrons. The Morgan fingerprint density at radius 2 is 0.585 bits per heavy atom. The van der Waals surface area contributed by atoms with Gasteiger partial charge in [0.15, 0.2) is 11.6 Å². The van der Waals surface area contributed by atoms with Crippen LogP contribution in [0, 0.1) is 0 Å². The number of rotatable bonds is 8. The summed E-state index contributed by atoms with van der Waals surface area (Å²) in [6, 6.07) is 150. The number of thiophene rings is 1. The first kappa shape index (κ1) is 73.4. The average Bonchev–Trinajstić information content (AvgIpc) is 1.47. The molecule has 6 aromatic heterocycles. The molecule has 130 heavy (non-hydrogen) atoms. The van der Waals surface area contributed by atoms with Crippen LogP contribution in [0.5, 0.6) is 23.0 Å². The van der Waals surface area contributed by atoms with Gasteiger partial charge in [0.1, 0.15) is 34.2 Å². The minimum Gasteiger partial charge on any atom is -0.456 e. The lowest BCUT2D eigenvalue weighted by Crippen LogP contribution is -2.32. The molecule has 2 spiro atoms. The first-order valence-corrected chi connectivity index (χ1v) is 44.8. The molecule has 2 aliphatic carbocycles. The highest BCUT2D eigenvalue weighted by Gasteiger charge is 2.53. The Labute approximate surface area is 750 Å². The molecule has 9 nitrogen and oxygen atoms in total. The average molecular weight is 1680 g/mol. The second-order valence-electron chi connectivity index (χ2n) is 33.9. The number of ether oxygens (including phenoxy) is 2. The second-order valence-corrected chi connectivity index (χ2v) is 35.0. The van der Waals surface area contributed by atoms with E-state index in [1.807, 2.05) is 72.0 Å². The summed E-state index contributed by atoms with van der Waals surface area (Å²) in [5, 5.41) is 10.9. The number of para-hydroxylation sites is 5. The largest absolute Gasteiger partial charge is 0.456 e. The van der Waals surface area contributed by atoms with Gasteiger partial charge >= 0.3 is 0 Å². The molecule has 24 aromatic rings. The number of benzene rings is 18. The fraction of sp³-hybridized carbons (Fsp3) is 0.0167. The Morgan fingerprint density at radius 1 is 0.215 bits per heavy atom. The van der Waals surface area contributed by atoms with Crippen LogP contribution >= 0.6 is 11.3 Å². The van der Waals surface area contributed by atoms with Gasteiger partial charge in [-0.05, 0) is 99.1 Å². The van der Waals surface area contributed by atoms with Gasteiger partial charge in [0, 0.05) is 130 Å². The maximum Gasteiger partial charge on any atom is 0.160 e. The van der Waals surface area contributed by atoms with E-state index in [0.29, 0.717) is 11.6 Å². The Bertz CT molecular complexity index is 8790. The smallest absolute Gasteiger partial charge is 0.160 e. The molecule has 18 aromatic carbocycles. The number of nitrogens with zero attached hydrogens (tertiary/aromatic N) is 6. The summed E-state index contributed by atoms with van der Waals surface area (Å²) in [5.74, 6) is 4.83. The minimum absolute atomic E-state index is 0.560. The number of fused-ring (bicyclic) bond motifs is 32. The summed E-state index contributed by atoms with van der Waals surface area (Å²) in [4.78, 5) is 31.6. The predicted octanol–water partition coefficient (Wildman–Crippen LogP) is 30.9. The lowest BCUT2D eigenvalue weighted by molar-refractivity contribution is 0.442. The van der Waals surface area contributed by atoms with Crippen LogP contribution in [0.4, 0.5) is 0 Å². The second kappa shape index (κ2) is 28.8. The summed E-state index contributed by atoms with van der Waals surface area (Å²) in [5.41, 5.74) is 30.3. The van der Waals surface area contributed by atoms with Crippen molar-refractivity contribution in [2.24, 2.45) is 0 Å². The van der Waals surface area contributed by atoms with Crippen molar-refractivity contribution in [2.75, 3.05) is 0 Å². The van der Waals surface area contributed by atoms with Crippen LogP contribution in [0.3, 0.4) is 0 Å². The monoisotopic (exact) mass is 1670 g/mol. The molecular weight excluding hydrogens is 1610 g/mol. The summed E-state index contributed by atoms with van der Waals surface area (Å²) in [7, 11) is 0. The molecular formula is C120H70N6O3S. The summed E-state index contributed by atoms with van der Waals surface area (Å²) < 4.78 is 23.1. The Balaban J connectivity index is 0.000000134. The molecule has 0 fully saturated rings. The van der Waals surface area contributed by atoms with Gasteiger partial charge in [-0.15, -0.1) is 11.3 Å². The Hall–Kier alpha value is -16.9. The standard InChI is InChI=1S/C60H35N3O2.C60H35N3OS/c1-2-15-38(16-3-1)59-62-50(35-51(63-59)42-21-14-28-54-55(42)43-20-7-12-26-52(43)64-54)36-29-31-37(32-30-36)57-44-33-34-48-58(56(44)41-19-6-11-25-49(41)61-57)65-53-27-13-10-24-47(53)60(48)45-22-8-4-17-39(45)40-18-5-9-23-46(40)60;1-2-15-38(16-3-1)59-62-51(35-52(63-59)44-22-14-21-42-41-19-7-13-28-54(41)65-58(42)44)36-29-31-37(32-30-36)56-45-33-34-49-57(55(45)43-20-6-11-26-50(43)61-56)64-53-27-12-10-25-48(53)60(49)46-23-8-4-17-39(46)40-18-5-9-24-47(40)60/h2*1-35H. The number of pyridine rings is 2. The van der Waals surface area contributed by atoms with E-state index < -0.39 is 10.8 Å². The number of aromatic nitrogens is 6. The van der Waals surface area contributed by atoms with Crippen molar-refractivity contribution in [3.8, 4) is 136 Å². The highest BCUT2D eigenvalue weighted by atomic mass is 32.1. The zero-order valence-electron chi connectivity index (χ0n) is 69.7. The SMILES string of the molecule is c1ccc(-c2nc(-c3ccc(-c4nc5ccccc5c5c6c(ccc45)C4(c5ccccc5O6)c5ccccc5-c5ccccc54)cc3)cc(-c3cccc4c3sc3ccccc34)n2)cc1.c1ccc(-c2nc(-c3ccc(-c4nc5ccccc5c5c6c(ccc45)C4(c5ccccc5O6)c5ccccc5-c5ccccc54)cc3)cc(-c3cccc4oc5ccccc5c34)n2)cc1. The molecule has 0 atom stereocenters. The Kier molecular flexibility index (Phi) is 16.3. The number of hydrogen-bond donors (Lipinski definition) is 0. The van der Waals surface area contributed by atoms with E-state index in [1.165, 1.54) is 64.7 Å². The summed E-state index contributed by atoms with van der Waals surface area (Å²) in [6.45, 7) is 0. The van der Waals surface area contributed by atoms with Crippen LogP contribution in [0.2, 0.25) is 0 Å². The quantitative estimate of drug-likeness (QED) is 0.137. The fourth-order valence-corrected chi connectivity index (χ4v) is 22.8. The van der Waals surface area contributed by atoms with Gasteiger partial charge < -0.3 is 13.9 Å². The molecule has 0 N–H and O–H groups in total. The molecule has 28 rings (SSSR count). The molecule has 0 amide bonds. The molecule has 0 saturated heterocycles. The van der Waals surface area contributed by atoms with Crippen molar-refractivity contribution in [1.29, 1.82) is 0 Å². The van der Waals surface area contributed by atoms with Gasteiger partial charge in [-0.3, -0.25) is 0 Å². The third-order valence-electron chi connectivity index (χ3n) is 27.1. The minimum atomic E-state index is -0.566. The molecule has 0 saturated carbocycles. The summed E-state index contributed by atoms with van der Waals surface area (Å²) >= 11 is 1.82. The van der Waals surface area contributed by atoms with Crippen molar-refractivity contribution in [2.45, 2.75) is 10.8 Å². The van der Waals surface area contributed by atoms with Crippen molar-refractivity contribution in [3.05, 3.63) is 469 Å². The van der Waals surface area contributed by atoms with Crippen LogP contribution in [0.1, 0.15) is 44.5 Å². The van der Waals surface area contributed by atoms with E-state index in [0.717, 1.165) is 189 Å². The highest BCUT2D eigenvalue weighted by molar-refractivity contribution is 7.26. The fourth-order valence-electron chi connectivity index (χ4n) is 21.6. The summed E-state index contributed by atoms with van der Waals surface area (Å²) in [6.07, 6.45) is 0. The van der Waals surface area contributed by atoms with E-state index in [-0.39, 0.29) is 0 Å². The molecule has 0 unspecified atom stereocenters. The van der Waals surface area contributed by atoms with Crippen LogP contribution in [-0.2, 0) is 10.8 Å². The van der Waals surface area contributed by atoms with Crippen molar-refractivity contribution in [1.82, 2.24) is 29.9 Å². The van der Waals surface area contributed by atoms with Gasteiger partial charge in [0.25, 0.3) is 0 Å². The number of furan rings is 1. The molecule has 2 aliphatic heterocycles. The Morgan fingerprint density at radius 3 is 1.09 bits per heavy atom. The van der Waals surface area contributed by atoms with Crippen molar-refractivity contribution >= 4 is 96.8 Å². The maximum atomic E-state index is 7.18. The topological polar surface area (TPSA) is 109 Å². The predicted molar refractivity (Wildman–Crippen MR) is 528 cm³/mol. The van der Waals surface area contributed by atoms with Gasteiger partial charge in [-0.2, -0.15) is 0 Å². The van der Waals surface area contributed by atoms with Gasteiger partial charge in [0.2, 0.25) is 0 Å². The van der Waals surface area contributed by atoms with E-state index in [2.05, 4.69) is 364 Å². The van der Waals surface area contributed by atoms with E-state index >= 15 is 0 Å².